The fraction of sp³-hybridized carbons (Fsp3) is 0.154. The van der Waals surface area contributed by atoms with E-state index >= 15 is 0 Å². The van der Waals surface area contributed by atoms with Gasteiger partial charge in [-0.15, -0.1) is 22.7 Å². The first-order chi connectivity index (χ1) is 14.8. The van der Waals surface area contributed by atoms with Crippen molar-refractivity contribution in [3.05, 3.63) is 95.3 Å². The summed E-state index contributed by atoms with van der Waals surface area (Å²) in [5.41, 5.74) is 4.25. The van der Waals surface area contributed by atoms with Gasteiger partial charge < -0.3 is 4.74 Å². The van der Waals surface area contributed by atoms with E-state index in [0.29, 0.717) is 0 Å². The summed E-state index contributed by atoms with van der Waals surface area (Å²) in [5.74, 6) is 1.07. The second-order valence-corrected chi connectivity index (χ2v) is 11.4. The SMILES string of the molecule is Brc1cc2c(s1)c1c(c3ccsc32)=c2c(CCc3ccc4c(c3)CCO4)cccc2=1. The van der Waals surface area contributed by atoms with Crippen molar-refractivity contribution in [3.8, 4) is 5.75 Å². The van der Waals surface area contributed by atoms with Gasteiger partial charge >= 0.3 is 0 Å². The highest BCUT2D eigenvalue weighted by molar-refractivity contribution is 9.11. The molecule has 0 unspecified atom stereocenters. The molecule has 4 heteroatoms. The lowest BCUT2D eigenvalue weighted by Crippen LogP contribution is -2.00. The van der Waals surface area contributed by atoms with Crippen LogP contribution in [0.1, 0.15) is 16.7 Å². The van der Waals surface area contributed by atoms with Gasteiger partial charge in [0.2, 0.25) is 0 Å². The molecule has 1 aliphatic carbocycles. The molecule has 0 saturated heterocycles. The molecule has 0 saturated carbocycles. The van der Waals surface area contributed by atoms with E-state index in [1.54, 1.807) is 0 Å². The molecule has 146 valence electrons. The van der Waals surface area contributed by atoms with Gasteiger partial charge in [0, 0.05) is 37.0 Å². The standard InChI is InChI=1S/C26H17BrOS2/c27-21-13-19-25-18(9-11-29-25)23-22-15(2-1-3-17(22)24(23)26(19)30-21)6-4-14-5-7-20-16(12-14)8-10-28-20/h1-3,5,7,9,11-13H,4,6,8,10H2. The Morgan fingerprint density at radius 2 is 1.87 bits per heavy atom. The van der Waals surface area contributed by atoms with Crippen LogP contribution in [0, 0.1) is 20.9 Å². The molecular formula is C26H17BrOS2. The van der Waals surface area contributed by atoms with Gasteiger partial charge in [0.05, 0.1) is 10.4 Å². The van der Waals surface area contributed by atoms with Gasteiger partial charge in [0.15, 0.2) is 0 Å². The van der Waals surface area contributed by atoms with E-state index in [-0.39, 0.29) is 0 Å². The zero-order valence-electron chi connectivity index (χ0n) is 16.1. The van der Waals surface area contributed by atoms with Crippen molar-refractivity contribution >= 4 is 58.8 Å². The third-order valence-electron chi connectivity index (χ3n) is 6.47. The summed E-state index contributed by atoms with van der Waals surface area (Å²) >= 11 is 7.45. The molecule has 3 heterocycles. The second kappa shape index (κ2) is 6.43. The van der Waals surface area contributed by atoms with E-state index in [1.807, 2.05) is 22.7 Å². The minimum atomic E-state index is 0.825. The van der Waals surface area contributed by atoms with E-state index in [0.717, 1.165) is 31.6 Å². The molecule has 3 aromatic carbocycles. The normalized spacial score (nSPS) is 13.8. The summed E-state index contributed by atoms with van der Waals surface area (Å²) in [5, 5.41) is 10.9. The Labute approximate surface area is 189 Å². The predicted octanol–water partition coefficient (Wildman–Crippen LogP) is 7.49. The molecule has 1 nitrogen and oxygen atoms in total. The summed E-state index contributed by atoms with van der Waals surface area (Å²) < 4.78 is 9.73. The van der Waals surface area contributed by atoms with Crippen molar-refractivity contribution in [2.45, 2.75) is 19.3 Å². The van der Waals surface area contributed by atoms with Gasteiger partial charge in [-0.25, -0.2) is 0 Å². The van der Waals surface area contributed by atoms with Crippen molar-refractivity contribution in [2.24, 2.45) is 0 Å². The zero-order valence-corrected chi connectivity index (χ0v) is 19.3. The van der Waals surface area contributed by atoms with Crippen LogP contribution in [0.15, 0.2) is 57.7 Å². The first kappa shape index (κ1) is 17.5. The molecule has 7 rings (SSSR count). The van der Waals surface area contributed by atoms with Crippen molar-refractivity contribution in [2.75, 3.05) is 6.61 Å². The fourth-order valence-electron chi connectivity index (χ4n) is 5.12. The van der Waals surface area contributed by atoms with Crippen LogP contribution in [-0.2, 0) is 19.3 Å². The summed E-state index contributed by atoms with van der Waals surface area (Å²) in [6.07, 6.45) is 3.18. The fourth-order valence-corrected chi connectivity index (χ4v) is 7.78. The third-order valence-corrected chi connectivity index (χ3v) is 9.07. The van der Waals surface area contributed by atoms with Crippen LogP contribution in [0.2, 0.25) is 0 Å². The molecule has 0 N–H and O–H groups in total. The summed E-state index contributed by atoms with van der Waals surface area (Å²) in [7, 11) is 0. The number of ether oxygens (including phenoxy) is 1. The number of halogens is 1. The zero-order chi connectivity index (χ0) is 19.8. The maximum Gasteiger partial charge on any atom is 0.122 e. The van der Waals surface area contributed by atoms with Crippen LogP contribution in [-0.4, -0.2) is 6.61 Å². The van der Waals surface area contributed by atoms with E-state index in [2.05, 4.69) is 69.8 Å². The van der Waals surface area contributed by atoms with E-state index in [1.165, 1.54) is 61.5 Å². The van der Waals surface area contributed by atoms with Crippen molar-refractivity contribution in [1.82, 2.24) is 0 Å². The minimum Gasteiger partial charge on any atom is -0.493 e. The van der Waals surface area contributed by atoms with Crippen LogP contribution >= 0.6 is 38.6 Å². The monoisotopic (exact) mass is 488 g/mol. The smallest absolute Gasteiger partial charge is 0.122 e. The van der Waals surface area contributed by atoms with Crippen molar-refractivity contribution < 1.29 is 4.74 Å². The summed E-state index contributed by atoms with van der Waals surface area (Å²) in [6.45, 7) is 0.825. The van der Waals surface area contributed by atoms with Crippen LogP contribution in [0.5, 0.6) is 5.75 Å². The number of aryl methyl sites for hydroxylation is 2. The van der Waals surface area contributed by atoms with Crippen LogP contribution in [0.3, 0.4) is 0 Å². The van der Waals surface area contributed by atoms with Gasteiger partial charge in [-0.1, -0.05) is 30.3 Å². The largest absolute Gasteiger partial charge is 0.493 e. The van der Waals surface area contributed by atoms with E-state index in [4.69, 9.17) is 4.74 Å². The number of thiophene rings is 2. The molecule has 0 fully saturated rings. The van der Waals surface area contributed by atoms with E-state index in [9.17, 15) is 0 Å². The average Bonchev–Trinajstić information content (AvgIpc) is 3.46. The lowest BCUT2D eigenvalue weighted by molar-refractivity contribution is 0.357. The van der Waals surface area contributed by atoms with Crippen LogP contribution in [0.25, 0.3) is 20.2 Å². The first-order valence-electron chi connectivity index (χ1n) is 10.3. The summed E-state index contributed by atoms with van der Waals surface area (Å²) in [6, 6.07) is 18.2. The predicted molar refractivity (Wildman–Crippen MR) is 130 cm³/mol. The molecule has 5 aromatic rings. The molecule has 0 amide bonds. The molecule has 2 aliphatic rings. The minimum absolute atomic E-state index is 0.825. The highest BCUT2D eigenvalue weighted by atomic mass is 79.9. The van der Waals surface area contributed by atoms with E-state index < -0.39 is 0 Å². The lowest BCUT2D eigenvalue weighted by Gasteiger charge is -2.13. The number of hydrogen-bond acceptors (Lipinski definition) is 3. The van der Waals surface area contributed by atoms with Gasteiger partial charge in [-0.3, -0.25) is 0 Å². The molecular weight excluding hydrogens is 472 g/mol. The topological polar surface area (TPSA) is 9.23 Å². The molecule has 0 radical (unpaired) electrons. The first-order valence-corrected chi connectivity index (χ1v) is 12.8. The number of benzene rings is 3. The number of hydrogen-bond donors (Lipinski definition) is 0. The highest BCUT2D eigenvalue weighted by Crippen LogP contribution is 2.41. The van der Waals surface area contributed by atoms with Crippen molar-refractivity contribution in [1.29, 1.82) is 0 Å². The Morgan fingerprint density at radius 3 is 2.83 bits per heavy atom. The molecule has 0 atom stereocenters. The molecule has 30 heavy (non-hydrogen) atoms. The third kappa shape index (κ3) is 2.38. The number of rotatable bonds is 3. The molecule has 0 bridgehead atoms. The Kier molecular flexibility index (Phi) is 3.76. The molecule has 2 aromatic heterocycles. The summed E-state index contributed by atoms with van der Waals surface area (Å²) in [4.78, 5) is 0. The van der Waals surface area contributed by atoms with Gasteiger partial charge in [0.25, 0.3) is 0 Å². The Balaban J connectivity index is 1.41. The molecule has 0 spiro atoms. The second-order valence-electron chi connectivity index (χ2n) is 8.09. The maximum absolute atomic E-state index is 5.67. The van der Waals surface area contributed by atoms with Crippen LogP contribution in [0.4, 0.5) is 0 Å². The van der Waals surface area contributed by atoms with Gasteiger partial charge in [0.1, 0.15) is 5.75 Å². The average molecular weight is 489 g/mol. The maximum atomic E-state index is 5.67. The van der Waals surface area contributed by atoms with Crippen LogP contribution < -0.4 is 4.74 Å². The quantitative estimate of drug-likeness (QED) is 0.250. The van der Waals surface area contributed by atoms with Gasteiger partial charge in [-0.05, 0) is 79.5 Å². The van der Waals surface area contributed by atoms with Crippen molar-refractivity contribution in [3.63, 3.8) is 0 Å². The Hall–Kier alpha value is -2.14. The number of fused-ring (bicyclic) bond motifs is 8. The lowest BCUT2D eigenvalue weighted by atomic mass is 9.91. The highest BCUT2D eigenvalue weighted by Gasteiger charge is 2.17. The Bertz CT molecular complexity index is 1690. The molecule has 1 aliphatic heterocycles. The van der Waals surface area contributed by atoms with Gasteiger partial charge in [-0.2, -0.15) is 0 Å². The Morgan fingerprint density at radius 1 is 0.900 bits per heavy atom.